The summed E-state index contributed by atoms with van der Waals surface area (Å²) < 4.78 is 28.2. The van der Waals surface area contributed by atoms with Gasteiger partial charge in [-0.3, -0.25) is 4.79 Å². The molecule has 4 rings (SSSR count). The fourth-order valence-electron chi connectivity index (χ4n) is 3.54. The quantitative estimate of drug-likeness (QED) is 0.688. The molecule has 0 spiro atoms. The minimum absolute atomic E-state index is 0.0700. The van der Waals surface area contributed by atoms with Gasteiger partial charge < -0.3 is 4.90 Å². The fraction of sp³-hybridized carbons (Fsp3) is 0.300. The molecule has 1 N–H and O–H groups in total. The number of anilines is 1. The zero-order chi connectivity index (χ0) is 20.6. The van der Waals surface area contributed by atoms with Gasteiger partial charge in [0.05, 0.1) is 4.88 Å². The highest BCUT2D eigenvalue weighted by Crippen LogP contribution is 2.32. The van der Waals surface area contributed by atoms with Crippen LogP contribution in [0, 0.1) is 6.92 Å². The molecule has 0 saturated carbocycles. The van der Waals surface area contributed by atoms with Crippen LogP contribution in [0.25, 0.3) is 10.6 Å². The molecule has 152 valence electrons. The first-order valence-electron chi connectivity index (χ1n) is 9.34. The van der Waals surface area contributed by atoms with Crippen molar-refractivity contribution in [1.29, 1.82) is 0 Å². The zero-order valence-electron chi connectivity index (χ0n) is 16.2. The van der Waals surface area contributed by atoms with Crippen LogP contribution in [0.4, 0.5) is 5.69 Å². The normalized spacial score (nSPS) is 18.1. The Morgan fingerprint density at radius 3 is 2.66 bits per heavy atom. The summed E-state index contributed by atoms with van der Waals surface area (Å²) in [5, 5.41) is 6.35. The molecule has 0 amide bonds. The van der Waals surface area contributed by atoms with Crippen LogP contribution in [0.15, 0.2) is 57.5 Å². The van der Waals surface area contributed by atoms with Gasteiger partial charge in [-0.05, 0) is 49.7 Å². The topological polar surface area (TPSA) is 86.4 Å². The van der Waals surface area contributed by atoms with E-state index in [9.17, 15) is 13.2 Å². The molecule has 1 aliphatic heterocycles. The molecule has 3 aromatic rings. The summed E-state index contributed by atoms with van der Waals surface area (Å²) >= 11 is 1.17. The van der Waals surface area contributed by atoms with E-state index in [1.165, 1.54) is 23.0 Å². The number of thiophene rings is 1. The van der Waals surface area contributed by atoms with Gasteiger partial charge in [0.25, 0.3) is 15.6 Å². The second-order valence-corrected chi connectivity index (χ2v) is 10.4. The smallest absolute Gasteiger partial charge is 0.264 e. The molecule has 2 aromatic heterocycles. The number of piperazine rings is 1. The summed E-state index contributed by atoms with van der Waals surface area (Å²) in [6.07, 6.45) is 0. The molecule has 9 heteroatoms. The van der Waals surface area contributed by atoms with Gasteiger partial charge in [-0.1, -0.05) is 12.1 Å². The molecule has 1 aliphatic rings. The van der Waals surface area contributed by atoms with Gasteiger partial charge in [-0.15, -0.1) is 11.3 Å². The van der Waals surface area contributed by atoms with E-state index in [0.29, 0.717) is 30.2 Å². The van der Waals surface area contributed by atoms with Crippen molar-refractivity contribution in [2.75, 3.05) is 24.5 Å². The number of nitrogens with zero attached hydrogens (tertiary/aromatic N) is 3. The van der Waals surface area contributed by atoms with E-state index in [2.05, 4.69) is 40.2 Å². The predicted molar refractivity (Wildman–Crippen MR) is 115 cm³/mol. The maximum atomic E-state index is 13.2. The van der Waals surface area contributed by atoms with Crippen molar-refractivity contribution >= 4 is 27.0 Å². The SMILES string of the molecule is Cc1cccc(N2CCN(S(=O)(=O)c3ccc(-c4ccc(=O)[nH]n4)s3)CC2C)c1. The highest BCUT2D eigenvalue weighted by atomic mass is 32.2. The minimum Gasteiger partial charge on any atom is -0.366 e. The van der Waals surface area contributed by atoms with Gasteiger partial charge in [-0.25, -0.2) is 13.5 Å². The maximum Gasteiger partial charge on any atom is 0.264 e. The van der Waals surface area contributed by atoms with Crippen LogP contribution >= 0.6 is 11.3 Å². The number of nitrogens with one attached hydrogen (secondary N) is 1. The van der Waals surface area contributed by atoms with Crippen molar-refractivity contribution in [3.63, 3.8) is 0 Å². The Kier molecular flexibility index (Phi) is 5.28. The van der Waals surface area contributed by atoms with E-state index in [0.717, 1.165) is 5.69 Å². The molecule has 29 heavy (non-hydrogen) atoms. The summed E-state index contributed by atoms with van der Waals surface area (Å²) in [6.45, 7) is 5.61. The molecule has 1 fully saturated rings. The summed E-state index contributed by atoms with van der Waals surface area (Å²) in [6, 6.07) is 14.6. The van der Waals surface area contributed by atoms with Crippen LogP contribution < -0.4 is 10.5 Å². The lowest BCUT2D eigenvalue weighted by Crippen LogP contribution is -2.53. The van der Waals surface area contributed by atoms with Crippen molar-refractivity contribution < 1.29 is 8.42 Å². The van der Waals surface area contributed by atoms with Gasteiger partial charge in [0.15, 0.2) is 0 Å². The predicted octanol–water partition coefficient (Wildman–Crippen LogP) is 2.71. The number of aromatic nitrogens is 2. The fourth-order valence-corrected chi connectivity index (χ4v) is 6.48. The van der Waals surface area contributed by atoms with E-state index < -0.39 is 10.0 Å². The molecule has 0 bridgehead atoms. The van der Waals surface area contributed by atoms with Crippen LogP contribution in [0.1, 0.15) is 12.5 Å². The van der Waals surface area contributed by atoms with Crippen molar-refractivity contribution in [2.45, 2.75) is 24.1 Å². The number of benzene rings is 1. The van der Waals surface area contributed by atoms with Gasteiger partial charge in [0.2, 0.25) is 0 Å². The van der Waals surface area contributed by atoms with Crippen LogP contribution in [0.5, 0.6) is 0 Å². The van der Waals surface area contributed by atoms with E-state index in [-0.39, 0.29) is 15.8 Å². The molecule has 7 nitrogen and oxygen atoms in total. The first-order valence-corrected chi connectivity index (χ1v) is 11.6. The van der Waals surface area contributed by atoms with Crippen LogP contribution in [0.3, 0.4) is 0 Å². The molecule has 0 radical (unpaired) electrons. The lowest BCUT2D eigenvalue weighted by Gasteiger charge is -2.40. The van der Waals surface area contributed by atoms with E-state index in [1.807, 2.05) is 13.0 Å². The molecule has 1 unspecified atom stereocenters. The van der Waals surface area contributed by atoms with E-state index in [1.54, 1.807) is 22.5 Å². The number of hydrogen-bond donors (Lipinski definition) is 1. The van der Waals surface area contributed by atoms with Gasteiger partial charge in [0, 0.05) is 37.4 Å². The summed E-state index contributed by atoms with van der Waals surface area (Å²) in [5.41, 5.74) is 2.57. The third kappa shape index (κ3) is 3.98. The number of rotatable bonds is 4. The number of aromatic amines is 1. The Bertz CT molecular complexity index is 1170. The molecular weight excluding hydrogens is 408 g/mol. The average Bonchev–Trinajstić information content (AvgIpc) is 3.19. The largest absolute Gasteiger partial charge is 0.366 e. The average molecular weight is 431 g/mol. The Balaban J connectivity index is 1.53. The third-order valence-corrected chi connectivity index (χ3v) is 8.47. The highest BCUT2D eigenvalue weighted by Gasteiger charge is 2.33. The van der Waals surface area contributed by atoms with Crippen molar-refractivity contribution in [1.82, 2.24) is 14.5 Å². The zero-order valence-corrected chi connectivity index (χ0v) is 17.8. The molecule has 1 saturated heterocycles. The number of sulfonamides is 1. The Hall–Kier alpha value is -2.49. The summed E-state index contributed by atoms with van der Waals surface area (Å²) in [7, 11) is -3.58. The number of H-pyrrole nitrogens is 1. The molecule has 3 heterocycles. The highest BCUT2D eigenvalue weighted by molar-refractivity contribution is 7.91. The summed E-state index contributed by atoms with van der Waals surface area (Å²) in [5.74, 6) is 0. The van der Waals surface area contributed by atoms with Crippen molar-refractivity contribution in [3.05, 3.63) is 64.4 Å². The first kappa shape index (κ1) is 19.8. The standard InChI is InChI=1S/C20H22N4O3S2/c1-14-4-3-5-16(12-14)24-11-10-23(13-15(24)2)29(26,27)20-9-7-18(28-20)17-6-8-19(25)22-21-17/h3-9,12,15H,10-11,13H2,1-2H3,(H,22,25). The first-order chi connectivity index (χ1) is 13.8. The molecule has 1 aromatic carbocycles. The lowest BCUT2D eigenvalue weighted by molar-refractivity contribution is 0.343. The van der Waals surface area contributed by atoms with Crippen molar-refractivity contribution in [2.24, 2.45) is 0 Å². The molecule has 1 atom stereocenters. The number of aryl methyl sites for hydroxylation is 1. The second kappa shape index (κ2) is 7.74. The van der Waals surface area contributed by atoms with E-state index >= 15 is 0 Å². The van der Waals surface area contributed by atoms with Gasteiger partial charge in [-0.2, -0.15) is 9.40 Å². The van der Waals surface area contributed by atoms with E-state index in [4.69, 9.17) is 0 Å². The van der Waals surface area contributed by atoms with Gasteiger partial charge >= 0.3 is 0 Å². The Labute approximate surface area is 173 Å². The lowest BCUT2D eigenvalue weighted by atomic mass is 10.1. The van der Waals surface area contributed by atoms with Crippen LogP contribution in [-0.2, 0) is 10.0 Å². The van der Waals surface area contributed by atoms with Crippen LogP contribution in [0.2, 0.25) is 0 Å². The monoisotopic (exact) mass is 430 g/mol. The molecular formula is C20H22N4O3S2. The Morgan fingerprint density at radius 2 is 1.97 bits per heavy atom. The summed E-state index contributed by atoms with van der Waals surface area (Å²) in [4.78, 5) is 14.1. The maximum absolute atomic E-state index is 13.2. The Morgan fingerprint density at radius 1 is 1.14 bits per heavy atom. The second-order valence-electron chi connectivity index (χ2n) is 7.17. The molecule has 0 aliphatic carbocycles. The van der Waals surface area contributed by atoms with Crippen LogP contribution in [-0.4, -0.2) is 48.6 Å². The third-order valence-electron chi connectivity index (χ3n) is 5.03. The number of hydrogen-bond acceptors (Lipinski definition) is 6. The minimum atomic E-state index is -3.58. The van der Waals surface area contributed by atoms with Gasteiger partial charge in [0.1, 0.15) is 9.90 Å². The van der Waals surface area contributed by atoms with Crippen molar-refractivity contribution in [3.8, 4) is 10.6 Å².